The second-order valence-electron chi connectivity index (χ2n) is 46.3. The minimum Gasteiger partial charge on any atom is -0.443 e. The lowest BCUT2D eigenvalue weighted by atomic mass is 9.48. The first-order chi connectivity index (χ1) is 49.4. The molecule has 1 amide bonds. The molecule has 12 unspecified atom stereocenters. The molecule has 28 aliphatic rings. The summed E-state index contributed by atoms with van der Waals surface area (Å²) < 4.78 is 53.6. The standard InChI is InChI=1S/C14H23NO2.C14H24O.C13H21Cl.C13H21F.C13H23NO3S.C13H22O.C13H22/c1-8(2)12-10-3-9-4-11(12)7-14(5-9,6-10)17-13(15)16;1-9(2)13-11-4-10-5-12(13)8-14(6-10,7-11)15-3;2*1-8(2)12-10-3-9-4-11(12)7-13(14,5-9)6-10;1-8(2)12-10-3-9-4-11(12)7-13(5-9,6-10)17-18(14,15)16;1-8(2)12-10-3-9-4-11(12)7-13(14,5-9)6-10;1-8(2)13-11-4-9-3-10(6-11)7-12(13)5-9/h8-12H,3-7H2,1-2H3,(H2,15,16);9-13H,4-8H2,1-3H3;2*8-12H,3-7H2,1-2H3;8-12H,3-7H2,1-2H3,(H2,14,15,16);8-12,14H,3-7H2,1-2H3;8-13H,3-7H2,1-2H3. The monoisotopic (exact) mass is 1500 g/mol. The van der Waals surface area contributed by atoms with Gasteiger partial charge in [-0.2, -0.15) is 8.42 Å². The third kappa shape index (κ3) is 16.3. The van der Waals surface area contributed by atoms with Crippen LogP contribution in [0.2, 0.25) is 0 Å². The first kappa shape index (κ1) is 79.5. The van der Waals surface area contributed by atoms with Gasteiger partial charge in [0.05, 0.1) is 16.8 Å². The SMILES string of the molecule is CC(C)C1C2CC3CC(C2)CC1C3.CC(C)C1C2CC3CC1CC(Cl)(C3)C2.CC(C)C1C2CC3CC1CC(F)(C3)C2.CC(C)C1C2CC3CC1CC(O)(C3)C2.CC(C)C1C2CC3CC1CC(OC(N)=O)(C3)C2.CC(C)C1C2CC3CC1CC(OS(N)(=O)=O)(C3)C2.COC12CC3CC(C1)C(C(C)C)C(C3)C2. The summed E-state index contributed by atoms with van der Waals surface area (Å²) in [6.45, 7) is 33.2. The number of alkyl halides is 2. The molecule has 0 heterocycles. The molecule has 0 radical (unpaired) electrons. The van der Waals surface area contributed by atoms with Crippen molar-refractivity contribution in [2.75, 3.05) is 7.11 Å². The van der Waals surface area contributed by atoms with Gasteiger partial charge in [-0.3, -0.25) is 4.18 Å². The summed E-state index contributed by atoms with van der Waals surface area (Å²) in [5, 5.41) is 15.5. The van der Waals surface area contributed by atoms with Gasteiger partial charge < -0.3 is 20.3 Å². The Labute approximate surface area is 646 Å². The van der Waals surface area contributed by atoms with Crippen LogP contribution in [0.25, 0.3) is 0 Å². The lowest BCUT2D eigenvalue weighted by Gasteiger charge is -2.60. The molecular weight excluding hydrogens is 1340 g/mol. The molecule has 0 aliphatic heterocycles. The first-order valence-electron chi connectivity index (χ1n) is 45.7. The van der Waals surface area contributed by atoms with E-state index in [-0.39, 0.29) is 16.1 Å². The van der Waals surface area contributed by atoms with Gasteiger partial charge in [-0.1, -0.05) is 96.9 Å². The van der Waals surface area contributed by atoms with Crippen LogP contribution in [-0.4, -0.2) is 59.7 Å². The maximum Gasteiger partial charge on any atom is 0.405 e. The third-order valence-electron chi connectivity index (χ3n) is 36.5. The van der Waals surface area contributed by atoms with Crippen LogP contribution in [0.5, 0.6) is 0 Å². The van der Waals surface area contributed by atoms with Crippen LogP contribution >= 0.6 is 11.6 Å². The van der Waals surface area contributed by atoms with Crippen LogP contribution in [-0.2, 0) is 24.0 Å². The highest BCUT2D eigenvalue weighted by Crippen LogP contribution is 2.68. The van der Waals surface area contributed by atoms with Crippen molar-refractivity contribution in [1.29, 1.82) is 0 Å². The molecule has 0 aromatic heterocycles. The Morgan fingerprint density at radius 3 is 0.914 bits per heavy atom. The Balaban J connectivity index is 0.0000000986. The number of ether oxygens (including phenoxy) is 2. The number of primary amides is 1. The molecule has 28 aliphatic carbocycles. The number of carbonyl (C=O) groups is 1. The highest BCUT2D eigenvalue weighted by atomic mass is 35.5. The lowest BCUT2D eigenvalue weighted by Crippen LogP contribution is -2.57. The van der Waals surface area contributed by atoms with Crippen LogP contribution in [0.15, 0.2) is 0 Å². The van der Waals surface area contributed by atoms with Gasteiger partial charge in [0.1, 0.15) is 11.3 Å². The smallest absolute Gasteiger partial charge is 0.405 e. The normalized spacial score (nSPS) is 52.2. The van der Waals surface area contributed by atoms with Gasteiger partial charge in [0, 0.05) is 12.0 Å². The summed E-state index contributed by atoms with van der Waals surface area (Å²) in [5.74, 6) is 31.7. The number of carbonyl (C=O) groups excluding carboxylic acids is 1. The van der Waals surface area contributed by atoms with Crippen LogP contribution in [0, 0.1) is 213 Å². The molecule has 0 aromatic carbocycles. The predicted molar refractivity (Wildman–Crippen MR) is 424 cm³/mol. The van der Waals surface area contributed by atoms with Gasteiger partial charge in [0.2, 0.25) is 0 Å². The van der Waals surface area contributed by atoms with E-state index in [0.29, 0.717) is 29.3 Å². The number of hydrogen-bond donors (Lipinski definition) is 3. The molecule has 0 spiro atoms. The molecule has 9 nitrogen and oxygen atoms in total. The first-order valence-corrected chi connectivity index (χ1v) is 47.6. The molecule has 600 valence electrons. The fraction of sp³-hybridized carbons (Fsp3) is 0.989. The Hall–Kier alpha value is -0.720. The average Bonchev–Trinajstić information content (AvgIpc) is 0.740. The predicted octanol–water partition coefficient (Wildman–Crippen LogP) is 22.9. The van der Waals surface area contributed by atoms with Gasteiger partial charge in [-0.25, -0.2) is 14.3 Å². The fourth-order valence-electron chi connectivity index (χ4n) is 36.4. The summed E-state index contributed by atoms with van der Waals surface area (Å²) in [4.78, 5) is 11.3. The van der Waals surface area contributed by atoms with Crippen molar-refractivity contribution in [2.24, 2.45) is 224 Å². The minimum atomic E-state index is -3.82. The van der Waals surface area contributed by atoms with Crippen molar-refractivity contribution in [3.05, 3.63) is 0 Å². The van der Waals surface area contributed by atoms with Gasteiger partial charge in [-0.15, -0.1) is 11.6 Å². The Bertz CT molecular complexity index is 2880. The minimum absolute atomic E-state index is 0.187. The highest BCUT2D eigenvalue weighted by Gasteiger charge is 2.63. The molecule has 5 N–H and O–H groups in total. The molecule has 0 saturated heterocycles. The van der Waals surface area contributed by atoms with Crippen molar-refractivity contribution in [3.63, 3.8) is 0 Å². The van der Waals surface area contributed by atoms with Crippen molar-refractivity contribution in [3.8, 4) is 0 Å². The summed E-state index contributed by atoms with van der Waals surface area (Å²) in [6.07, 6.45) is 44.1. The van der Waals surface area contributed by atoms with E-state index in [1.54, 1.807) is 32.1 Å². The molecule has 0 aromatic rings. The van der Waals surface area contributed by atoms with Crippen LogP contribution in [0.1, 0.15) is 322 Å². The fourth-order valence-corrected chi connectivity index (χ4v) is 37.8. The number of methoxy groups -OCH3 is 1. The third-order valence-corrected chi connectivity index (χ3v) is 37.5. The largest absolute Gasteiger partial charge is 0.443 e. The topological polar surface area (TPSA) is 151 Å². The molecular formula is C93H156ClFN2O7S. The van der Waals surface area contributed by atoms with E-state index in [4.69, 9.17) is 36.1 Å². The summed E-state index contributed by atoms with van der Waals surface area (Å²) in [7, 11) is -1.88. The Morgan fingerprint density at radius 1 is 0.352 bits per heavy atom. The number of nitrogens with two attached hydrogens (primary N) is 2. The summed E-state index contributed by atoms with van der Waals surface area (Å²) in [6, 6.07) is 0. The molecule has 28 bridgehead atoms. The number of hydrogen-bond acceptors (Lipinski definition) is 7. The highest BCUT2D eigenvalue weighted by molar-refractivity contribution is 7.84. The number of amides is 1. The van der Waals surface area contributed by atoms with E-state index >= 15 is 0 Å². The zero-order valence-electron chi connectivity index (χ0n) is 69.2. The molecule has 28 rings (SSSR count). The quantitative estimate of drug-likeness (QED) is 0.174. The van der Waals surface area contributed by atoms with Gasteiger partial charge in [0.15, 0.2) is 0 Å². The van der Waals surface area contributed by atoms with E-state index in [2.05, 4.69) is 96.9 Å². The van der Waals surface area contributed by atoms with Gasteiger partial charge in [0.25, 0.3) is 0 Å². The van der Waals surface area contributed by atoms with Crippen LogP contribution in [0.4, 0.5) is 9.18 Å². The molecule has 12 atom stereocenters. The number of rotatable bonds is 11. The van der Waals surface area contributed by atoms with Crippen LogP contribution in [0.3, 0.4) is 0 Å². The van der Waals surface area contributed by atoms with Crippen molar-refractivity contribution < 1.29 is 36.4 Å². The second-order valence-corrected chi connectivity index (χ2v) is 48.2. The summed E-state index contributed by atoms with van der Waals surface area (Å²) >= 11 is 6.70. The van der Waals surface area contributed by atoms with Crippen molar-refractivity contribution >= 4 is 28.0 Å². The lowest BCUT2D eigenvalue weighted by molar-refractivity contribution is -0.176. The number of aliphatic hydroxyl groups is 1. The maximum absolute atomic E-state index is 14.3. The van der Waals surface area contributed by atoms with E-state index in [0.717, 1.165) is 266 Å². The van der Waals surface area contributed by atoms with Gasteiger partial charge >= 0.3 is 16.4 Å². The Kier molecular flexibility index (Phi) is 22.6. The zero-order valence-corrected chi connectivity index (χ0v) is 70.8. The van der Waals surface area contributed by atoms with Crippen molar-refractivity contribution in [2.45, 2.75) is 355 Å². The molecule has 12 heteroatoms. The van der Waals surface area contributed by atoms with Gasteiger partial charge in [-0.05, 0) is 438 Å². The van der Waals surface area contributed by atoms with E-state index in [9.17, 15) is 22.7 Å². The van der Waals surface area contributed by atoms with Crippen LogP contribution < -0.4 is 10.9 Å². The molecule has 28 fully saturated rings. The maximum atomic E-state index is 14.3. The van der Waals surface area contributed by atoms with E-state index in [1.807, 2.05) is 7.11 Å². The molecule has 28 saturated carbocycles. The zero-order chi connectivity index (χ0) is 74.7. The van der Waals surface area contributed by atoms with E-state index < -0.39 is 27.7 Å². The van der Waals surface area contributed by atoms with E-state index in [1.165, 1.54) is 116 Å². The van der Waals surface area contributed by atoms with Crippen molar-refractivity contribution in [1.82, 2.24) is 0 Å². The molecule has 105 heavy (non-hydrogen) atoms. The summed E-state index contributed by atoms with van der Waals surface area (Å²) in [5.41, 5.74) is 3.94. The number of halogens is 2. The Morgan fingerprint density at radius 2 is 0.610 bits per heavy atom. The second kappa shape index (κ2) is 29.8. The average molecular weight is 1500 g/mol.